The van der Waals surface area contributed by atoms with Crippen molar-refractivity contribution < 1.29 is 19.4 Å². The third-order valence-electron chi connectivity index (χ3n) is 6.45. The molecule has 7 heteroatoms. The summed E-state index contributed by atoms with van der Waals surface area (Å²) < 4.78 is 6.12. The van der Waals surface area contributed by atoms with Gasteiger partial charge in [-0.3, -0.25) is 9.78 Å². The summed E-state index contributed by atoms with van der Waals surface area (Å²) in [6, 6.07) is 5.44. The van der Waals surface area contributed by atoms with E-state index in [1.807, 2.05) is 11.0 Å². The van der Waals surface area contributed by atoms with Gasteiger partial charge in [0.15, 0.2) is 0 Å². The number of carboxylic acids is 1. The summed E-state index contributed by atoms with van der Waals surface area (Å²) in [4.78, 5) is 31.0. The number of ether oxygens (including phenoxy) is 1. The molecule has 1 aromatic carbocycles. The molecule has 2 aliphatic rings. The molecule has 1 saturated heterocycles. The molecule has 0 spiro atoms. The van der Waals surface area contributed by atoms with Crippen LogP contribution < -0.4 is 10.5 Å². The Morgan fingerprint density at radius 3 is 2.70 bits per heavy atom. The van der Waals surface area contributed by atoms with E-state index in [4.69, 9.17) is 10.5 Å². The number of aromatic nitrogens is 1. The minimum atomic E-state index is -1.10. The van der Waals surface area contributed by atoms with Gasteiger partial charge in [-0.25, -0.2) is 4.79 Å². The zero-order valence-electron chi connectivity index (χ0n) is 17.4. The SMILES string of the molecule is Cc1nc2cccc(OCC3CCCN3C(=O)C3CCCCC3)c2c(N)c1C(=O)O. The van der Waals surface area contributed by atoms with E-state index in [1.54, 1.807) is 19.1 Å². The molecule has 1 aliphatic heterocycles. The number of fused-ring (bicyclic) bond motifs is 1. The normalized spacial score (nSPS) is 19.9. The van der Waals surface area contributed by atoms with Gasteiger partial charge in [0, 0.05) is 12.5 Å². The standard InChI is InChI=1S/C23H29N3O4/c1-14-19(23(28)29)21(24)20-17(25-14)10-5-11-18(20)30-13-16-9-6-12-26(16)22(27)15-7-3-2-4-8-15/h5,10-11,15-16H,2-4,6-9,12-13H2,1H3,(H2,24,25)(H,28,29). The molecule has 2 heterocycles. The number of nitrogens with zero attached hydrogens (tertiary/aromatic N) is 2. The number of pyridine rings is 1. The average Bonchev–Trinajstić information content (AvgIpc) is 3.20. The lowest BCUT2D eigenvalue weighted by Gasteiger charge is -2.30. The molecule has 160 valence electrons. The number of anilines is 1. The van der Waals surface area contributed by atoms with E-state index in [0.29, 0.717) is 29.0 Å². The topological polar surface area (TPSA) is 106 Å². The zero-order valence-corrected chi connectivity index (χ0v) is 17.4. The minimum Gasteiger partial charge on any atom is -0.491 e. The second-order valence-electron chi connectivity index (χ2n) is 8.41. The number of hydrogen-bond donors (Lipinski definition) is 2. The lowest BCUT2D eigenvalue weighted by Crippen LogP contribution is -2.42. The summed E-state index contributed by atoms with van der Waals surface area (Å²) >= 11 is 0. The molecular weight excluding hydrogens is 382 g/mol. The van der Waals surface area contributed by atoms with Crippen molar-refractivity contribution in [2.75, 3.05) is 18.9 Å². The molecule has 2 aromatic rings. The van der Waals surface area contributed by atoms with Crippen LogP contribution in [0.25, 0.3) is 10.9 Å². The van der Waals surface area contributed by atoms with Crippen molar-refractivity contribution in [1.29, 1.82) is 0 Å². The maximum absolute atomic E-state index is 13.0. The Morgan fingerprint density at radius 1 is 1.20 bits per heavy atom. The van der Waals surface area contributed by atoms with Crippen molar-refractivity contribution in [3.05, 3.63) is 29.5 Å². The van der Waals surface area contributed by atoms with Gasteiger partial charge in [-0.2, -0.15) is 0 Å². The van der Waals surface area contributed by atoms with Crippen LogP contribution >= 0.6 is 0 Å². The van der Waals surface area contributed by atoms with Gasteiger partial charge < -0.3 is 20.5 Å². The second kappa shape index (κ2) is 8.50. The predicted octanol–water partition coefficient (Wildman–Crippen LogP) is 3.77. The van der Waals surface area contributed by atoms with E-state index in [-0.39, 0.29) is 29.1 Å². The van der Waals surface area contributed by atoms with Gasteiger partial charge in [0.1, 0.15) is 17.9 Å². The second-order valence-corrected chi connectivity index (χ2v) is 8.41. The molecule has 4 rings (SSSR count). The van der Waals surface area contributed by atoms with Gasteiger partial charge in [-0.1, -0.05) is 25.3 Å². The van der Waals surface area contributed by atoms with E-state index in [2.05, 4.69) is 4.98 Å². The molecule has 1 atom stereocenters. The van der Waals surface area contributed by atoms with Gasteiger partial charge in [0.25, 0.3) is 0 Å². The van der Waals surface area contributed by atoms with Crippen molar-refractivity contribution in [2.45, 2.75) is 57.9 Å². The van der Waals surface area contributed by atoms with Gasteiger partial charge in [0.2, 0.25) is 5.91 Å². The Balaban J connectivity index is 1.55. The molecule has 1 unspecified atom stereocenters. The van der Waals surface area contributed by atoms with Gasteiger partial charge in [-0.15, -0.1) is 0 Å². The Bertz CT molecular complexity index is 969. The number of rotatable bonds is 5. The van der Waals surface area contributed by atoms with Gasteiger partial charge >= 0.3 is 5.97 Å². The van der Waals surface area contributed by atoms with Crippen molar-refractivity contribution in [2.24, 2.45) is 5.92 Å². The van der Waals surface area contributed by atoms with Crippen molar-refractivity contribution in [3.63, 3.8) is 0 Å². The summed E-state index contributed by atoms with van der Waals surface area (Å²) in [5, 5.41) is 10.0. The first kappa shape index (κ1) is 20.4. The molecular formula is C23H29N3O4. The number of likely N-dealkylation sites (tertiary alicyclic amines) is 1. The average molecular weight is 412 g/mol. The van der Waals surface area contributed by atoms with E-state index in [0.717, 1.165) is 45.1 Å². The van der Waals surface area contributed by atoms with Crippen LogP contribution in [0.1, 0.15) is 61.0 Å². The highest BCUT2D eigenvalue weighted by Crippen LogP contribution is 2.34. The third kappa shape index (κ3) is 3.80. The van der Waals surface area contributed by atoms with Crippen LogP contribution in [0, 0.1) is 12.8 Å². The van der Waals surface area contributed by atoms with Gasteiger partial charge in [0.05, 0.1) is 28.3 Å². The number of carbonyl (C=O) groups excluding carboxylic acids is 1. The molecule has 30 heavy (non-hydrogen) atoms. The van der Waals surface area contributed by atoms with Crippen LogP contribution in [-0.2, 0) is 4.79 Å². The first-order valence-electron chi connectivity index (χ1n) is 10.8. The maximum Gasteiger partial charge on any atom is 0.339 e. The highest BCUT2D eigenvalue weighted by molar-refractivity contribution is 6.06. The summed E-state index contributed by atoms with van der Waals surface area (Å²) in [6.07, 6.45) is 7.38. The number of benzene rings is 1. The van der Waals surface area contributed by atoms with E-state index in [1.165, 1.54) is 6.42 Å². The molecule has 2 fully saturated rings. The van der Waals surface area contributed by atoms with Crippen LogP contribution in [0.5, 0.6) is 5.75 Å². The number of carboxylic acid groups (broad SMARTS) is 1. The molecule has 1 aliphatic carbocycles. The molecule has 0 radical (unpaired) electrons. The fraction of sp³-hybridized carbons (Fsp3) is 0.522. The summed E-state index contributed by atoms with van der Waals surface area (Å²) in [6.45, 7) is 2.79. The van der Waals surface area contributed by atoms with Crippen molar-refractivity contribution in [1.82, 2.24) is 9.88 Å². The van der Waals surface area contributed by atoms with Crippen LogP contribution in [-0.4, -0.2) is 46.1 Å². The number of amides is 1. The first-order valence-corrected chi connectivity index (χ1v) is 10.8. The van der Waals surface area contributed by atoms with E-state index >= 15 is 0 Å². The summed E-state index contributed by atoms with van der Waals surface area (Å²) in [5.74, 6) is -0.173. The molecule has 1 amide bonds. The lowest BCUT2D eigenvalue weighted by atomic mass is 9.88. The van der Waals surface area contributed by atoms with Crippen molar-refractivity contribution >= 4 is 28.5 Å². The first-order chi connectivity index (χ1) is 14.5. The molecule has 0 bridgehead atoms. The fourth-order valence-electron chi connectivity index (χ4n) is 4.90. The van der Waals surface area contributed by atoms with E-state index < -0.39 is 5.97 Å². The van der Waals surface area contributed by atoms with Crippen LogP contribution in [0.4, 0.5) is 5.69 Å². The number of aromatic carboxylic acids is 1. The summed E-state index contributed by atoms with van der Waals surface area (Å²) in [5.41, 5.74) is 7.37. The summed E-state index contributed by atoms with van der Waals surface area (Å²) in [7, 11) is 0. The highest BCUT2D eigenvalue weighted by Gasteiger charge is 2.34. The van der Waals surface area contributed by atoms with Crippen LogP contribution in [0.15, 0.2) is 18.2 Å². The smallest absolute Gasteiger partial charge is 0.339 e. The Kier molecular flexibility index (Phi) is 5.79. The quantitative estimate of drug-likeness (QED) is 0.776. The molecule has 3 N–H and O–H groups in total. The largest absolute Gasteiger partial charge is 0.491 e. The third-order valence-corrected chi connectivity index (χ3v) is 6.45. The fourth-order valence-corrected chi connectivity index (χ4v) is 4.90. The number of carbonyl (C=O) groups is 2. The highest BCUT2D eigenvalue weighted by atomic mass is 16.5. The number of aryl methyl sites for hydroxylation is 1. The minimum absolute atomic E-state index is 0.00789. The van der Waals surface area contributed by atoms with Crippen molar-refractivity contribution in [3.8, 4) is 5.75 Å². The van der Waals surface area contributed by atoms with E-state index in [9.17, 15) is 14.7 Å². The Morgan fingerprint density at radius 2 is 1.97 bits per heavy atom. The number of nitrogens with two attached hydrogens (primary N) is 1. The monoisotopic (exact) mass is 411 g/mol. The van der Waals surface area contributed by atoms with Crippen LogP contribution in [0.3, 0.4) is 0 Å². The van der Waals surface area contributed by atoms with Crippen LogP contribution in [0.2, 0.25) is 0 Å². The maximum atomic E-state index is 13.0. The molecule has 1 aromatic heterocycles. The molecule has 7 nitrogen and oxygen atoms in total. The lowest BCUT2D eigenvalue weighted by molar-refractivity contribution is -0.137. The number of hydrogen-bond acceptors (Lipinski definition) is 5. The Labute approximate surface area is 176 Å². The predicted molar refractivity (Wildman–Crippen MR) is 115 cm³/mol. The van der Waals surface area contributed by atoms with Gasteiger partial charge in [-0.05, 0) is 44.7 Å². The zero-order chi connectivity index (χ0) is 21.3. The Hall–Kier alpha value is -2.83. The number of nitrogen functional groups attached to an aromatic ring is 1. The molecule has 1 saturated carbocycles.